The van der Waals surface area contributed by atoms with Crippen molar-refractivity contribution in [2.75, 3.05) is 39.3 Å². The van der Waals surface area contributed by atoms with Crippen LogP contribution in [0.2, 0.25) is 0 Å². The molecule has 31 heavy (non-hydrogen) atoms. The molecule has 0 saturated carbocycles. The highest BCUT2D eigenvalue weighted by Crippen LogP contribution is 2.33. The molecule has 0 aliphatic carbocycles. The molecule has 2 aliphatic heterocycles. The van der Waals surface area contributed by atoms with E-state index in [2.05, 4.69) is 9.88 Å². The largest absolute Gasteiger partial charge is 0.340 e. The highest BCUT2D eigenvalue weighted by atomic mass is 32.2. The fourth-order valence-electron chi connectivity index (χ4n) is 3.60. The molecule has 2 aromatic heterocycles. The number of amides is 2. The normalized spacial score (nSPS) is 18.9. The summed E-state index contributed by atoms with van der Waals surface area (Å²) in [6.45, 7) is 4.46. The van der Waals surface area contributed by atoms with Gasteiger partial charge in [-0.15, -0.1) is 11.3 Å². The number of nitrogens with zero attached hydrogens (tertiary/aromatic N) is 4. The smallest absolute Gasteiger partial charge is 0.266 e. The minimum absolute atomic E-state index is 0.0839. The third kappa shape index (κ3) is 5.79. The highest BCUT2D eigenvalue weighted by Gasteiger charge is 2.32. The second-order valence-electron chi connectivity index (χ2n) is 7.39. The predicted molar refractivity (Wildman–Crippen MR) is 130 cm³/mol. The molecule has 0 aromatic carbocycles. The zero-order valence-corrected chi connectivity index (χ0v) is 19.6. The Bertz CT molecular complexity index is 954. The van der Waals surface area contributed by atoms with Crippen LogP contribution < -0.4 is 0 Å². The Morgan fingerprint density at radius 1 is 1.13 bits per heavy atom. The molecular formula is C22H24N4O2S3. The standard InChI is InChI=1S/C22H24N4O2S3/c27-20(25-13-11-24(12-14-25)9-6-17-4-1-2-8-23-17)7-10-26-21(28)19(31-22(26)29)16-18-5-3-15-30-18/h1-5,8,15-16H,6-7,9-14H2. The summed E-state index contributed by atoms with van der Waals surface area (Å²) in [5.74, 6) is -0.0174. The van der Waals surface area contributed by atoms with Crippen LogP contribution in [0.4, 0.5) is 0 Å². The maximum Gasteiger partial charge on any atom is 0.266 e. The SMILES string of the molecule is O=C(CCN1C(=O)C(=Cc2cccs2)SC1=S)N1CCN(CCc2ccccn2)CC1. The van der Waals surface area contributed by atoms with Crippen LogP contribution in [0.5, 0.6) is 0 Å². The summed E-state index contributed by atoms with van der Waals surface area (Å²) in [6.07, 6.45) is 4.91. The lowest BCUT2D eigenvalue weighted by molar-refractivity contribution is -0.133. The molecule has 6 nitrogen and oxygen atoms in total. The van der Waals surface area contributed by atoms with Crippen molar-refractivity contribution in [3.63, 3.8) is 0 Å². The second-order valence-corrected chi connectivity index (χ2v) is 10.0. The number of piperazine rings is 1. The topological polar surface area (TPSA) is 56.8 Å². The Morgan fingerprint density at radius 3 is 2.68 bits per heavy atom. The van der Waals surface area contributed by atoms with Gasteiger partial charge in [0.2, 0.25) is 5.91 Å². The molecule has 0 unspecified atom stereocenters. The molecule has 2 aliphatic rings. The first-order valence-corrected chi connectivity index (χ1v) is 12.4. The summed E-state index contributed by atoms with van der Waals surface area (Å²) in [4.78, 5) is 37.2. The molecule has 0 N–H and O–H groups in total. The van der Waals surface area contributed by atoms with Crippen LogP contribution in [0.1, 0.15) is 17.0 Å². The Morgan fingerprint density at radius 2 is 1.97 bits per heavy atom. The van der Waals surface area contributed by atoms with Crippen LogP contribution in [0.15, 0.2) is 46.8 Å². The van der Waals surface area contributed by atoms with Crippen molar-refractivity contribution in [1.29, 1.82) is 0 Å². The van der Waals surface area contributed by atoms with E-state index >= 15 is 0 Å². The van der Waals surface area contributed by atoms with Gasteiger partial charge in [0.1, 0.15) is 4.32 Å². The average molecular weight is 473 g/mol. The van der Waals surface area contributed by atoms with E-state index in [1.807, 2.05) is 52.9 Å². The van der Waals surface area contributed by atoms with Gasteiger partial charge in [-0.05, 0) is 29.7 Å². The predicted octanol–water partition coefficient (Wildman–Crippen LogP) is 3.12. The fourth-order valence-corrected chi connectivity index (χ4v) is 5.63. The summed E-state index contributed by atoms with van der Waals surface area (Å²) in [5.41, 5.74) is 1.10. The first-order chi connectivity index (χ1) is 15.1. The van der Waals surface area contributed by atoms with Crippen molar-refractivity contribution >= 4 is 57.5 Å². The molecule has 162 valence electrons. The van der Waals surface area contributed by atoms with Crippen LogP contribution in [0.25, 0.3) is 6.08 Å². The van der Waals surface area contributed by atoms with E-state index in [-0.39, 0.29) is 11.8 Å². The van der Waals surface area contributed by atoms with E-state index in [9.17, 15) is 9.59 Å². The molecule has 9 heteroatoms. The van der Waals surface area contributed by atoms with Gasteiger partial charge in [0, 0.05) is 68.9 Å². The lowest BCUT2D eigenvalue weighted by Gasteiger charge is -2.35. The number of carbonyl (C=O) groups is 2. The molecule has 2 amide bonds. The Balaban J connectivity index is 1.21. The molecular weight excluding hydrogens is 448 g/mol. The first-order valence-electron chi connectivity index (χ1n) is 10.3. The molecule has 0 atom stereocenters. The minimum atomic E-state index is -0.101. The van der Waals surface area contributed by atoms with E-state index in [0.717, 1.165) is 49.7 Å². The number of thioether (sulfide) groups is 1. The monoisotopic (exact) mass is 472 g/mol. The third-order valence-corrected chi connectivity index (χ3v) is 7.57. The lowest BCUT2D eigenvalue weighted by Crippen LogP contribution is -2.49. The van der Waals surface area contributed by atoms with Gasteiger partial charge in [-0.1, -0.05) is 36.1 Å². The number of aromatic nitrogens is 1. The molecule has 4 heterocycles. The van der Waals surface area contributed by atoms with E-state index < -0.39 is 0 Å². The number of pyridine rings is 1. The Kier molecular flexibility index (Phi) is 7.49. The first kappa shape index (κ1) is 22.1. The lowest BCUT2D eigenvalue weighted by atomic mass is 10.2. The van der Waals surface area contributed by atoms with Crippen LogP contribution in [-0.2, 0) is 16.0 Å². The fraction of sp³-hybridized carbons (Fsp3) is 0.364. The van der Waals surface area contributed by atoms with Crippen molar-refractivity contribution in [3.05, 3.63) is 57.4 Å². The summed E-state index contributed by atoms with van der Waals surface area (Å²) in [5, 5.41) is 1.98. The molecule has 2 aromatic rings. The molecule has 2 saturated heterocycles. The van der Waals surface area contributed by atoms with Gasteiger partial charge < -0.3 is 4.90 Å². The number of hydrogen-bond donors (Lipinski definition) is 0. The van der Waals surface area contributed by atoms with E-state index in [0.29, 0.717) is 22.2 Å². The van der Waals surface area contributed by atoms with Gasteiger partial charge in [-0.25, -0.2) is 0 Å². The summed E-state index contributed by atoms with van der Waals surface area (Å²) in [7, 11) is 0. The van der Waals surface area contributed by atoms with Gasteiger partial charge in [0.25, 0.3) is 5.91 Å². The van der Waals surface area contributed by atoms with Crippen LogP contribution in [0.3, 0.4) is 0 Å². The zero-order valence-electron chi connectivity index (χ0n) is 17.1. The van der Waals surface area contributed by atoms with Crippen molar-refractivity contribution in [2.24, 2.45) is 0 Å². The van der Waals surface area contributed by atoms with Crippen LogP contribution >= 0.6 is 35.3 Å². The zero-order chi connectivity index (χ0) is 21.6. The number of thiocarbonyl (C=S) groups is 1. The number of thiophene rings is 1. The van der Waals surface area contributed by atoms with E-state index in [1.54, 1.807) is 16.2 Å². The van der Waals surface area contributed by atoms with Gasteiger partial charge in [-0.2, -0.15) is 0 Å². The Hall–Kier alpha value is -2.07. The van der Waals surface area contributed by atoms with E-state index in [1.165, 1.54) is 11.8 Å². The van der Waals surface area contributed by atoms with Gasteiger partial charge in [0.05, 0.1) is 4.91 Å². The summed E-state index contributed by atoms with van der Waals surface area (Å²) >= 11 is 8.27. The Labute approximate surface area is 195 Å². The minimum Gasteiger partial charge on any atom is -0.340 e. The van der Waals surface area contributed by atoms with Crippen molar-refractivity contribution in [2.45, 2.75) is 12.8 Å². The maximum atomic E-state index is 12.7. The number of rotatable bonds is 7. The van der Waals surface area contributed by atoms with Gasteiger partial charge >= 0.3 is 0 Å². The average Bonchev–Trinajstić information content (AvgIpc) is 3.40. The van der Waals surface area contributed by atoms with Gasteiger partial charge in [-0.3, -0.25) is 24.4 Å². The number of carbonyl (C=O) groups excluding carboxylic acids is 2. The summed E-state index contributed by atoms with van der Waals surface area (Å²) < 4.78 is 0.528. The van der Waals surface area contributed by atoms with Crippen molar-refractivity contribution in [1.82, 2.24) is 19.7 Å². The number of hydrogen-bond acceptors (Lipinski definition) is 7. The quantitative estimate of drug-likeness (QED) is 0.456. The van der Waals surface area contributed by atoms with E-state index in [4.69, 9.17) is 12.2 Å². The molecule has 4 rings (SSSR count). The van der Waals surface area contributed by atoms with Crippen LogP contribution in [-0.4, -0.2) is 75.1 Å². The maximum absolute atomic E-state index is 12.7. The highest BCUT2D eigenvalue weighted by molar-refractivity contribution is 8.26. The molecule has 0 radical (unpaired) electrons. The molecule has 2 fully saturated rings. The van der Waals surface area contributed by atoms with Gasteiger partial charge in [0.15, 0.2) is 0 Å². The van der Waals surface area contributed by atoms with Crippen molar-refractivity contribution in [3.8, 4) is 0 Å². The summed E-state index contributed by atoms with van der Waals surface area (Å²) in [6, 6.07) is 9.90. The third-order valence-electron chi connectivity index (χ3n) is 5.37. The van der Waals surface area contributed by atoms with Crippen LogP contribution in [0, 0.1) is 0 Å². The molecule has 0 spiro atoms. The molecule has 0 bridgehead atoms. The van der Waals surface area contributed by atoms with Crippen molar-refractivity contribution < 1.29 is 9.59 Å². The second kappa shape index (κ2) is 10.5.